The molecule has 2 heterocycles. The average Bonchev–Trinajstić information content (AvgIpc) is 2.66. The lowest BCUT2D eigenvalue weighted by molar-refractivity contribution is 0.411. The van der Waals surface area contributed by atoms with E-state index in [1.54, 1.807) is 6.20 Å². The second-order valence-electron chi connectivity index (χ2n) is 8.51. The summed E-state index contributed by atoms with van der Waals surface area (Å²) in [5.41, 5.74) is 6.29. The predicted molar refractivity (Wildman–Crippen MR) is 119 cm³/mol. The van der Waals surface area contributed by atoms with Crippen LogP contribution in [-0.2, 0) is 6.42 Å². The third kappa shape index (κ3) is 3.99. The predicted octanol–water partition coefficient (Wildman–Crippen LogP) is 5.35. The molecule has 0 amide bonds. The molecule has 0 aliphatic carbocycles. The molecule has 2 aromatic carbocycles. The highest BCUT2D eigenvalue weighted by Crippen LogP contribution is 2.31. The van der Waals surface area contributed by atoms with E-state index in [4.69, 9.17) is 7.85 Å². The van der Waals surface area contributed by atoms with Crippen LogP contribution in [0.5, 0.6) is 0 Å². The molecular formula is C25H23BN2. The van der Waals surface area contributed by atoms with Crippen molar-refractivity contribution in [2.24, 2.45) is 5.41 Å². The lowest BCUT2D eigenvalue weighted by Gasteiger charge is -2.19. The number of pyridine rings is 2. The van der Waals surface area contributed by atoms with Crippen LogP contribution >= 0.6 is 0 Å². The topological polar surface area (TPSA) is 25.8 Å². The zero-order chi connectivity index (χ0) is 19.7. The van der Waals surface area contributed by atoms with Crippen LogP contribution in [0.25, 0.3) is 33.2 Å². The number of hydrogen-bond acceptors (Lipinski definition) is 2. The van der Waals surface area contributed by atoms with Crippen molar-refractivity contribution in [1.29, 1.82) is 0 Å². The third-order valence-electron chi connectivity index (χ3n) is 4.78. The smallest absolute Gasteiger partial charge is 0.141 e. The van der Waals surface area contributed by atoms with Gasteiger partial charge in [0.05, 0.1) is 5.69 Å². The molecule has 2 nitrogen and oxygen atoms in total. The van der Waals surface area contributed by atoms with E-state index in [0.717, 1.165) is 39.6 Å². The van der Waals surface area contributed by atoms with Crippen molar-refractivity contribution in [3.8, 4) is 22.4 Å². The summed E-state index contributed by atoms with van der Waals surface area (Å²) >= 11 is 0. The lowest BCUT2D eigenvalue weighted by atomic mass is 9.87. The van der Waals surface area contributed by atoms with Gasteiger partial charge in [-0.25, -0.2) is 0 Å². The molecule has 0 unspecified atom stereocenters. The number of hydrogen-bond donors (Lipinski definition) is 0. The summed E-state index contributed by atoms with van der Waals surface area (Å²) in [6.07, 6.45) is 4.69. The molecule has 0 N–H and O–H groups in total. The first-order valence-electron chi connectivity index (χ1n) is 9.59. The van der Waals surface area contributed by atoms with Crippen LogP contribution in [0.3, 0.4) is 0 Å². The van der Waals surface area contributed by atoms with Gasteiger partial charge in [-0.15, -0.1) is 0 Å². The summed E-state index contributed by atoms with van der Waals surface area (Å²) in [5.74, 6) is 0. The molecule has 0 spiro atoms. The van der Waals surface area contributed by atoms with Gasteiger partial charge < -0.3 is 0 Å². The van der Waals surface area contributed by atoms with Crippen molar-refractivity contribution >= 4 is 24.2 Å². The minimum Gasteiger partial charge on any atom is -0.264 e. The molecule has 0 bridgehead atoms. The zero-order valence-corrected chi connectivity index (χ0v) is 16.6. The van der Waals surface area contributed by atoms with E-state index in [9.17, 15) is 0 Å². The Morgan fingerprint density at radius 1 is 0.857 bits per heavy atom. The van der Waals surface area contributed by atoms with Gasteiger partial charge >= 0.3 is 0 Å². The second kappa shape index (κ2) is 7.24. The van der Waals surface area contributed by atoms with Crippen LogP contribution in [0.15, 0.2) is 73.1 Å². The SMILES string of the molecule is [B]c1cc2cc(CC(C)(C)C)ccc2c(-c2cccc(-c3cccnc3)c2)n1. The quantitative estimate of drug-likeness (QED) is 0.460. The molecule has 4 aromatic rings. The van der Waals surface area contributed by atoms with Gasteiger partial charge in [-0.05, 0) is 52.1 Å². The molecule has 0 fully saturated rings. The minimum atomic E-state index is 0.243. The average molecular weight is 362 g/mol. The maximum Gasteiger partial charge on any atom is 0.141 e. The van der Waals surface area contributed by atoms with Crippen LogP contribution in [0.4, 0.5) is 0 Å². The van der Waals surface area contributed by atoms with Gasteiger partial charge in [0.15, 0.2) is 0 Å². The monoisotopic (exact) mass is 362 g/mol. The Balaban J connectivity index is 1.83. The van der Waals surface area contributed by atoms with Gasteiger partial charge in [0.25, 0.3) is 0 Å². The van der Waals surface area contributed by atoms with Crippen molar-refractivity contribution < 1.29 is 0 Å². The standard InChI is InChI=1S/C25H23BN2/c1-25(2,3)15-17-9-10-22-21(12-17)14-23(26)28-24(22)19-7-4-6-18(13-19)20-8-5-11-27-16-20/h4-14,16H,15H2,1-3H3. The summed E-state index contributed by atoms with van der Waals surface area (Å²) in [6.45, 7) is 6.77. The van der Waals surface area contributed by atoms with Crippen molar-refractivity contribution in [1.82, 2.24) is 9.97 Å². The number of fused-ring (bicyclic) bond motifs is 1. The summed E-state index contributed by atoms with van der Waals surface area (Å²) in [5, 5.41) is 2.26. The second-order valence-corrected chi connectivity index (χ2v) is 8.51. The zero-order valence-electron chi connectivity index (χ0n) is 16.6. The van der Waals surface area contributed by atoms with Crippen molar-refractivity contribution in [3.63, 3.8) is 0 Å². The first kappa shape index (κ1) is 18.4. The van der Waals surface area contributed by atoms with Crippen molar-refractivity contribution in [3.05, 3.63) is 78.6 Å². The fourth-order valence-electron chi connectivity index (χ4n) is 3.65. The van der Waals surface area contributed by atoms with E-state index < -0.39 is 0 Å². The van der Waals surface area contributed by atoms with Gasteiger partial charge in [-0.1, -0.05) is 63.2 Å². The number of rotatable bonds is 3. The molecule has 2 radical (unpaired) electrons. The Morgan fingerprint density at radius 2 is 1.64 bits per heavy atom. The fourth-order valence-corrected chi connectivity index (χ4v) is 3.65. The van der Waals surface area contributed by atoms with Crippen LogP contribution in [0.1, 0.15) is 26.3 Å². The van der Waals surface area contributed by atoms with E-state index in [2.05, 4.69) is 79.3 Å². The number of aromatic nitrogens is 2. The van der Waals surface area contributed by atoms with Crippen LogP contribution < -0.4 is 5.59 Å². The summed E-state index contributed by atoms with van der Waals surface area (Å²) in [6, 6.07) is 21.0. The highest BCUT2D eigenvalue weighted by Gasteiger charge is 2.13. The van der Waals surface area contributed by atoms with Crippen LogP contribution in [-0.4, -0.2) is 17.8 Å². The van der Waals surface area contributed by atoms with E-state index in [1.165, 1.54) is 5.56 Å². The summed E-state index contributed by atoms with van der Waals surface area (Å²) in [4.78, 5) is 8.90. The van der Waals surface area contributed by atoms with Crippen LogP contribution in [0, 0.1) is 5.41 Å². The Bertz CT molecular complexity index is 1130. The van der Waals surface area contributed by atoms with E-state index in [0.29, 0.717) is 5.59 Å². The molecular weight excluding hydrogens is 339 g/mol. The Kier molecular flexibility index (Phi) is 4.76. The minimum absolute atomic E-state index is 0.243. The van der Waals surface area contributed by atoms with Crippen molar-refractivity contribution in [2.75, 3.05) is 0 Å². The normalized spacial score (nSPS) is 11.7. The number of benzene rings is 2. The van der Waals surface area contributed by atoms with E-state index in [1.807, 2.05) is 18.3 Å². The Labute approximate surface area is 168 Å². The molecule has 0 atom stereocenters. The molecule has 0 aliphatic rings. The maximum absolute atomic E-state index is 6.17. The van der Waals surface area contributed by atoms with Gasteiger partial charge in [-0.2, -0.15) is 0 Å². The molecule has 2 aromatic heterocycles. The van der Waals surface area contributed by atoms with Gasteiger partial charge in [0.1, 0.15) is 7.85 Å². The largest absolute Gasteiger partial charge is 0.264 e. The molecule has 0 saturated carbocycles. The van der Waals surface area contributed by atoms with Crippen LogP contribution in [0.2, 0.25) is 0 Å². The maximum atomic E-state index is 6.17. The molecule has 4 rings (SSSR count). The lowest BCUT2D eigenvalue weighted by Crippen LogP contribution is -2.11. The van der Waals surface area contributed by atoms with Gasteiger partial charge in [0.2, 0.25) is 0 Å². The molecule has 28 heavy (non-hydrogen) atoms. The Hall–Kier alpha value is -2.94. The highest BCUT2D eigenvalue weighted by atomic mass is 14.7. The molecule has 136 valence electrons. The molecule has 3 heteroatoms. The first-order chi connectivity index (χ1) is 13.4. The van der Waals surface area contributed by atoms with Gasteiger partial charge in [0, 0.05) is 28.9 Å². The molecule has 0 aliphatic heterocycles. The Morgan fingerprint density at radius 3 is 2.39 bits per heavy atom. The molecule has 0 saturated heterocycles. The summed E-state index contributed by atoms with van der Waals surface area (Å²) in [7, 11) is 6.17. The third-order valence-corrected chi connectivity index (χ3v) is 4.78. The first-order valence-corrected chi connectivity index (χ1v) is 9.59. The van der Waals surface area contributed by atoms with E-state index in [-0.39, 0.29) is 5.41 Å². The number of nitrogens with zero attached hydrogens (tertiary/aromatic N) is 2. The van der Waals surface area contributed by atoms with Crippen molar-refractivity contribution in [2.45, 2.75) is 27.2 Å². The highest BCUT2D eigenvalue weighted by molar-refractivity contribution is 6.32. The van der Waals surface area contributed by atoms with Gasteiger partial charge in [-0.3, -0.25) is 9.97 Å². The van der Waals surface area contributed by atoms with E-state index >= 15 is 0 Å². The fraction of sp³-hybridized carbons (Fsp3) is 0.200. The summed E-state index contributed by atoms with van der Waals surface area (Å²) < 4.78 is 0.